The Kier molecular flexibility index (Phi) is 6.91. The second kappa shape index (κ2) is 11.0. The van der Waals surface area contributed by atoms with Gasteiger partial charge in [0.25, 0.3) is 0 Å². The SMILES string of the molecule is C[O+]1[CH-]C(c2ccccc2)=C(c2ccc(C3=C(c4ccccc4)[B-](c4ccccc4)(c4ccccc4)[O+](C)C3)cc2)C1. The van der Waals surface area contributed by atoms with Gasteiger partial charge < -0.3 is 8.65 Å². The summed E-state index contributed by atoms with van der Waals surface area (Å²) in [5.74, 6) is 0. The zero-order valence-corrected chi connectivity index (χ0v) is 24.2. The third kappa shape index (κ3) is 4.43. The van der Waals surface area contributed by atoms with E-state index < -0.39 is 6.35 Å². The molecule has 0 bridgehead atoms. The molecule has 0 spiro atoms. The zero-order chi connectivity index (χ0) is 28.5. The molecule has 0 radical (unpaired) electrons. The molecular formula is C39H35BO2. The summed E-state index contributed by atoms with van der Waals surface area (Å²) in [7, 11) is 4.28. The fourth-order valence-electron chi connectivity index (χ4n) is 7.17. The van der Waals surface area contributed by atoms with Gasteiger partial charge in [0, 0.05) is 5.57 Å². The number of rotatable bonds is 6. The molecule has 0 aromatic heterocycles. The van der Waals surface area contributed by atoms with E-state index in [-0.39, 0.29) is 0 Å². The van der Waals surface area contributed by atoms with E-state index in [4.69, 9.17) is 0 Å². The Morgan fingerprint density at radius 2 is 0.929 bits per heavy atom. The van der Waals surface area contributed by atoms with Gasteiger partial charge in [0.15, 0.2) is 0 Å². The molecular weight excluding hydrogens is 511 g/mol. The summed E-state index contributed by atoms with van der Waals surface area (Å²) in [6, 6.07) is 52.9. The molecule has 2 aliphatic heterocycles. The van der Waals surface area contributed by atoms with E-state index in [1.165, 1.54) is 55.4 Å². The molecule has 0 unspecified atom stereocenters. The molecule has 42 heavy (non-hydrogen) atoms. The molecule has 2 aliphatic rings. The van der Waals surface area contributed by atoms with E-state index >= 15 is 0 Å². The van der Waals surface area contributed by atoms with Crippen LogP contribution in [0.15, 0.2) is 146 Å². The van der Waals surface area contributed by atoms with Crippen molar-refractivity contribution in [3.8, 4) is 0 Å². The molecule has 0 saturated heterocycles. The van der Waals surface area contributed by atoms with E-state index in [0.29, 0.717) is 0 Å². The van der Waals surface area contributed by atoms with Crippen LogP contribution in [0.1, 0.15) is 22.3 Å². The van der Waals surface area contributed by atoms with Crippen LogP contribution >= 0.6 is 0 Å². The Bertz CT molecular complexity index is 1700. The summed E-state index contributed by atoms with van der Waals surface area (Å²) in [4.78, 5) is 0. The van der Waals surface area contributed by atoms with Gasteiger partial charge in [0.05, 0.1) is 13.7 Å². The lowest BCUT2D eigenvalue weighted by Crippen LogP contribution is -2.64. The van der Waals surface area contributed by atoms with Gasteiger partial charge in [-0.15, -0.1) is 28.6 Å². The molecule has 5 aromatic rings. The Morgan fingerprint density at radius 1 is 0.476 bits per heavy atom. The Morgan fingerprint density at radius 3 is 1.45 bits per heavy atom. The third-order valence-electron chi connectivity index (χ3n) is 9.01. The largest absolute Gasteiger partial charge is 0.659 e. The van der Waals surface area contributed by atoms with E-state index in [1.807, 2.05) is 0 Å². The van der Waals surface area contributed by atoms with Crippen molar-refractivity contribution in [2.75, 3.05) is 27.4 Å². The summed E-state index contributed by atoms with van der Waals surface area (Å²) in [5.41, 5.74) is 13.0. The molecule has 2 nitrogen and oxygen atoms in total. The van der Waals surface area contributed by atoms with Crippen molar-refractivity contribution < 1.29 is 8.65 Å². The van der Waals surface area contributed by atoms with Crippen molar-refractivity contribution in [1.29, 1.82) is 0 Å². The predicted octanol–water partition coefficient (Wildman–Crippen LogP) is 7.36. The number of hydrogen-bond donors (Lipinski definition) is 0. The van der Waals surface area contributed by atoms with Crippen LogP contribution < -0.4 is 10.9 Å². The van der Waals surface area contributed by atoms with Crippen LogP contribution in [0.25, 0.3) is 22.2 Å². The first-order valence-corrected chi connectivity index (χ1v) is 14.7. The van der Waals surface area contributed by atoms with Gasteiger partial charge in [-0.25, -0.2) is 0 Å². The number of benzene rings is 5. The van der Waals surface area contributed by atoms with Crippen LogP contribution in [0.3, 0.4) is 0 Å². The van der Waals surface area contributed by atoms with Crippen LogP contribution in [0.5, 0.6) is 0 Å². The van der Waals surface area contributed by atoms with Gasteiger partial charge in [-0.3, -0.25) is 0 Å². The van der Waals surface area contributed by atoms with Gasteiger partial charge in [0.2, 0.25) is 0 Å². The average Bonchev–Trinajstić information content (AvgIpc) is 3.60. The summed E-state index contributed by atoms with van der Waals surface area (Å²) in [5, 5.41) is 0. The highest BCUT2D eigenvalue weighted by Crippen LogP contribution is 2.44. The molecule has 0 N–H and O–H groups in total. The fraction of sp³-hybridized carbons (Fsp3) is 0.103. The van der Waals surface area contributed by atoms with E-state index in [9.17, 15) is 0 Å². The van der Waals surface area contributed by atoms with Gasteiger partial charge in [-0.2, -0.15) is 0 Å². The second-order valence-electron chi connectivity index (χ2n) is 11.5. The topological polar surface area (TPSA) is 5.40 Å². The minimum Gasteiger partial charge on any atom is -0.659 e. The first kappa shape index (κ1) is 26.3. The van der Waals surface area contributed by atoms with Crippen LogP contribution in [-0.4, -0.2) is 33.8 Å². The monoisotopic (exact) mass is 546 g/mol. The van der Waals surface area contributed by atoms with Gasteiger partial charge in [0.1, 0.15) is 20.3 Å². The molecule has 0 aliphatic carbocycles. The lowest BCUT2D eigenvalue weighted by atomic mass is 9.27. The fourth-order valence-corrected chi connectivity index (χ4v) is 7.17. The third-order valence-corrected chi connectivity index (χ3v) is 9.01. The Labute approximate surface area is 249 Å². The van der Waals surface area contributed by atoms with Crippen LogP contribution in [0.4, 0.5) is 0 Å². The molecule has 3 heteroatoms. The van der Waals surface area contributed by atoms with Crippen molar-refractivity contribution in [1.82, 2.24) is 0 Å². The van der Waals surface area contributed by atoms with Crippen LogP contribution in [0, 0.1) is 6.61 Å². The average molecular weight is 547 g/mol. The number of hydrogen-bond acceptors (Lipinski definition) is 0. The van der Waals surface area contributed by atoms with Crippen molar-refractivity contribution in [2.45, 2.75) is 0 Å². The van der Waals surface area contributed by atoms with Gasteiger partial charge in [-0.05, 0) is 5.56 Å². The molecule has 2 heterocycles. The van der Waals surface area contributed by atoms with E-state index in [1.54, 1.807) is 0 Å². The molecule has 0 saturated carbocycles. The lowest BCUT2D eigenvalue weighted by Gasteiger charge is -2.43. The van der Waals surface area contributed by atoms with Crippen molar-refractivity contribution in [3.05, 3.63) is 174 Å². The van der Waals surface area contributed by atoms with Crippen LogP contribution in [-0.2, 0) is 8.65 Å². The highest BCUT2D eigenvalue weighted by atomic mass is 16.7. The highest BCUT2D eigenvalue weighted by Gasteiger charge is 2.51. The zero-order valence-electron chi connectivity index (χ0n) is 24.2. The molecule has 7 rings (SSSR count). The van der Waals surface area contributed by atoms with Gasteiger partial charge in [-0.1, -0.05) is 161 Å². The molecule has 206 valence electrons. The summed E-state index contributed by atoms with van der Waals surface area (Å²) in [6.45, 7) is 3.81. The maximum atomic E-state index is 3.66. The lowest BCUT2D eigenvalue weighted by molar-refractivity contribution is -0.000977. The first-order chi connectivity index (χ1) is 20.7. The Balaban J connectivity index is 1.41. The molecule has 5 aromatic carbocycles. The molecule has 0 atom stereocenters. The van der Waals surface area contributed by atoms with Crippen molar-refractivity contribution in [2.24, 2.45) is 0 Å². The smallest absolute Gasteiger partial charge is 0.378 e. The van der Waals surface area contributed by atoms with Crippen molar-refractivity contribution >= 4 is 39.5 Å². The minimum atomic E-state index is -1.45. The highest BCUT2D eigenvalue weighted by molar-refractivity contribution is 7.13. The van der Waals surface area contributed by atoms with E-state index in [2.05, 4.69) is 175 Å². The quantitative estimate of drug-likeness (QED) is 0.119. The maximum absolute atomic E-state index is 3.66. The summed E-state index contributed by atoms with van der Waals surface area (Å²) in [6.07, 6.45) is -1.45. The molecule has 0 fully saturated rings. The standard InChI is InChI=1S/C39H35BO2/c1-41-27-36(30-15-7-3-8-16-30)37(28-41)31-23-25-32(26-24-31)38-29-42(2)40(34-19-11-5-12-20-34,35-21-13-6-14-22-35)39(38)33-17-9-4-10-18-33/h3-27H,28-29H2,1-2H3. The maximum Gasteiger partial charge on any atom is 0.378 e. The van der Waals surface area contributed by atoms with Crippen LogP contribution in [0.2, 0.25) is 0 Å². The van der Waals surface area contributed by atoms with Gasteiger partial charge >= 0.3 is 6.35 Å². The summed E-state index contributed by atoms with van der Waals surface area (Å²) < 4.78 is 6.80. The first-order valence-electron chi connectivity index (χ1n) is 14.7. The molecule has 0 amide bonds. The second-order valence-corrected chi connectivity index (χ2v) is 11.5. The summed E-state index contributed by atoms with van der Waals surface area (Å²) >= 11 is 0. The van der Waals surface area contributed by atoms with E-state index in [0.717, 1.165) is 13.2 Å². The minimum absolute atomic E-state index is 0.789. The predicted molar refractivity (Wildman–Crippen MR) is 179 cm³/mol. The Hall–Kier alpha value is -4.57. The van der Waals surface area contributed by atoms with Crippen molar-refractivity contribution in [3.63, 3.8) is 0 Å². The normalized spacial score (nSPS) is 17.1.